The summed E-state index contributed by atoms with van der Waals surface area (Å²) < 4.78 is 22.7. The molecule has 5 aromatic rings. The number of benzene rings is 2. The number of pyridine rings is 2. The molecule has 2 aromatic carbocycles. The molecule has 16 heteroatoms. The molecule has 4 heterocycles. The lowest BCUT2D eigenvalue weighted by Gasteiger charge is -2.35. The number of hydrogen-bond acceptors (Lipinski definition) is 11. The third-order valence-electron chi connectivity index (χ3n) is 13.4. The largest absolute Gasteiger partial charge is 0.475 e. The van der Waals surface area contributed by atoms with Crippen LogP contribution in [0.5, 0.6) is 5.88 Å². The highest BCUT2D eigenvalue weighted by Gasteiger charge is 2.45. The van der Waals surface area contributed by atoms with Crippen LogP contribution in [-0.4, -0.2) is 127 Å². The molecule has 5 N–H and O–H groups in total. The zero-order chi connectivity index (χ0) is 46.5. The van der Waals surface area contributed by atoms with Gasteiger partial charge in [-0.25, -0.2) is 4.98 Å². The van der Waals surface area contributed by atoms with Gasteiger partial charge in [0.25, 0.3) is 0 Å². The summed E-state index contributed by atoms with van der Waals surface area (Å²) in [7, 11) is 1.70. The van der Waals surface area contributed by atoms with Crippen LogP contribution in [0.3, 0.4) is 0 Å². The molecule has 0 spiro atoms. The zero-order valence-corrected chi connectivity index (χ0v) is 38.6. The molecule has 0 bridgehead atoms. The molecule has 3 aliphatic rings. The zero-order valence-electron chi connectivity index (χ0n) is 38.6. The van der Waals surface area contributed by atoms with Gasteiger partial charge in [-0.1, -0.05) is 55.7 Å². The summed E-state index contributed by atoms with van der Waals surface area (Å²) in [5, 5.41) is 14.5. The Kier molecular flexibility index (Phi) is 16.5. The van der Waals surface area contributed by atoms with Gasteiger partial charge in [0.1, 0.15) is 25.3 Å². The third-order valence-corrected chi connectivity index (χ3v) is 13.4. The number of carbonyl (C=O) groups is 4. The van der Waals surface area contributed by atoms with Crippen LogP contribution >= 0.6 is 0 Å². The Bertz CT molecular complexity index is 2460. The van der Waals surface area contributed by atoms with E-state index in [1.54, 1.807) is 31.3 Å². The van der Waals surface area contributed by atoms with E-state index in [1.807, 2.05) is 36.5 Å². The minimum atomic E-state index is -0.819. The fourth-order valence-electron chi connectivity index (χ4n) is 9.68. The Morgan fingerprint density at radius 3 is 2.37 bits per heavy atom. The number of aryl methyl sites for hydroxylation is 1. The van der Waals surface area contributed by atoms with Gasteiger partial charge in [0.2, 0.25) is 29.5 Å². The summed E-state index contributed by atoms with van der Waals surface area (Å²) in [6.45, 7) is 3.57. The molecule has 1 aliphatic heterocycles. The Hall–Kier alpha value is -5.94. The molecular formula is C51H64N8O8. The average molecular weight is 917 g/mol. The standard InChI is InChI=1S/C51H64N8O8/c1-33(52-2)49(61)58-48(35-10-4-3-5-11-35)51(63)59-31-38(28-45(59)50(62)57-42-14-8-12-34-9-6-7-13-39(34)42)55-46(60)32-66-24-23-64-21-22-65-25-26-67-47-18-16-37(29-54-47)36-15-17-40-41-30-53-20-19-43(41)56-44(40)27-36/h6-7,9,13,15-20,27,29-30,33,35,38,42,45,48,52,56H,3-5,8,10-12,14,21-26,28,31-32H2,1-2H3,(H,55,60)(H,57,62)(H,58,61)/t33-,38-,42?,45-,48-/m0/s1. The number of ether oxygens (including phenoxy) is 4. The van der Waals surface area contributed by atoms with E-state index < -0.39 is 24.2 Å². The van der Waals surface area contributed by atoms with Gasteiger partial charge in [0.15, 0.2) is 0 Å². The van der Waals surface area contributed by atoms with Crippen molar-refractivity contribution in [1.29, 1.82) is 0 Å². The molecule has 67 heavy (non-hydrogen) atoms. The van der Waals surface area contributed by atoms with Crippen LogP contribution in [0.2, 0.25) is 0 Å². The summed E-state index contributed by atoms with van der Waals surface area (Å²) in [6.07, 6.45) is 13.1. The molecule has 8 rings (SSSR count). The van der Waals surface area contributed by atoms with Gasteiger partial charge in [-0.3, -0.25) is 24.2 Å². The first-order valence-corrected chi connectivity index (χ1v) is 23.9. The van der Waals surface area contributed by atoms with Crippen LogP contribution in [0.4, 0.5) is 0 Å². The van der Waals surface area contributed by atoms with Crippen LogP contribution in [0.1, 0.15) is 75.5 Å². The van der Waals surface area contributed by atoms with Gasteiger partial charge in [-0.15, -0.1) is 0 Å². The Morgan fingerprint density at radius 2 is 1.58 bits per heavy atom. The SMILES string of the molecule is CN[C@@H](C)C(=O)N[C@H](C(=O)N1C[C@@H](NC(=O)COCCOCCOCCOc2ccc(-c3ccc4c(c3)[nH]c3ccncc34)cn2)C[C@H]1C(=O)NC1CCCc2ccccc21)C1CCCCC1. The number of hydrogen-bond donors (Lipinski definition) is 5. The van der Waals surface area contributed by atoms with Gasteiger partial charge < -0.3 is 50.1 Å². The molecule has 2 aliphatic carbocycles. The van der Waals surface area contributed by atoms with E-state index in [4.69, 9.17) is 18.9 Å². The van der Waals surface area contributed by atoms with Crippen LogP contribution in [0.25, 0.3) is 32.9 Å². The molecule has 1 unspecified atom stereocenters. The fourth-order valence-corrected chi connectivity index (χ4v) is 9.68. The third kappa shape index (κ3) is 12.2. The summed E-state index contributed by atoms with van der Waals surface area (Å²) in [6, 6.07) is 17.5. The van der Waals surface area contributed by atoms with Crippen molar-refractivity contribution in [2.75, 3.05) is 59.8 Å². The predicted octanol–water partition coefficient (Wildman–Crippen LogP) is 5.16. The molecule has 16 nitrogen and oxygen atoms in total. The number of fused-ring (bicyclic) bond motifs is 4. The first kappa shape index (κ1) is 47.5. The number of aromatic nitrogens is 3. The van der Waals surface area contributed by atoms with Crippen molar-refractivity contribution in [3.05, 3.63) is 90.4 Å². The maximum atomic E-state index is 14.6. The molecular weight excluding hydrogens is 853 g/mol. The van der Waals surface area contributed by atoms with Crippen LogP contribution in [0.15, 0.2) is 79.3 Å². The van der Waals surface area contributed by atoms with E-state index in [0.29, 0.717) is 32.3 Å². The predicted molar refractivity (Wildman–Crippen MR) is 254 cm³/mol. The highest BCUT2D eigenvalue weighted by atomic mass is 16.6. The van der Waals surface area contributed by atoms with Crippen LogP contribution in [-0.2, 0) is 39.8 Å². The summed E-state index contributed by atoms with van der Waals surface area (Å²) >= 11 is 0. The Labute approximate surface area is 391 Å². The molecule has 2 fully saturated rings. The fraction of sp³-hybridized carbons (Fsp3) is 0.490. The van der Waals surface area contributed by atoms with Gasteiger partial charge in [0.05, 0.1) is 45.1 Å². The summed E-state index contributed by atoms with van der Waals surface area (Å²) in [5.74, 6) is -0.689. The van der Waals surface area contributed by atoms with E-state index in [9.17, 15) is 19.2 Å². The molecule has 5 atom stereocenters. The van der Waals surface area contributed by atoms with E-state index in [1.165, 1.54) is 5.56 Å². The number of nitrogens with one attached hydrogen (secondary N) is 5. The number of likely N-dealkylation sites (tertiary alicyclic amines) is 1. The minimum Gasteiger partial charge on any atom is -0.475 e. The smallest absolute Gasteiger partial charge is 0.246 e. The molecule has 1 saturated heterocycles. The molecule has 1 saturated carbocycles. The van der Waals surface area contributed by atoms with Crippen LogP contribution in [0, 0.1) is 5.92 Å². The number of carbonyl (C=O) groups excluding carboxylic acids is 4. The lowest BCUT2D eigenvalue weighted by Crippen LogP contribution is -2.58. The second kappa shape index (κ2) is 23.2. The maximum Gasteiger partial charge on any atom is 0.246 e. The molecule has 3 aromatic heterocycles. The van der Waals surface area contributed by atoms with Crippen molar-refractivity contribution in [2.45, 2.75) is 94.9 Å². The number of likely N-dealkylation sites (N-methyl/N-ethyl adjacent to an activating group) is 1. The number of H-pyrrole nitrogens is 1. The van der Waals surface area contributed by atoms with Crippen molar-refractivity contribution >= 4 is 45.4 Å². The normalized spacial score (nSPS) is 19.4. The first-order chi connectivity index (χ1) is 32.7. The van der Waals surface area contributed by atoms with Crippen LogP contribution < -0.4 is 26.0 Å². The topological polar surface area (TPSA) is 198 Å². The van der Waals surface area contributed by atoms with Gasteiger partial charge in [-0.05, 0) is 93.3 Å². The van der Waals surface area contributed by atoms with Gasteiger partial charge in [0, 0.05) is 64.6 Å². The van der Waals surface area contributed by atoms with E-state index in [-0.39, 0.29) is 68.4 Å². The Morgan fingerprint density at radius 1 is 0.806 bits per heavy atom. The number of nitrogens with zero attached hydrogens (tertiary/aromatic N) is 3. The van der Waals surface area contributed by atoms with Crippen molar-refractivity contribution in [1.82, 2.24) is 41.1 Å². The molecule has 4 amide bonds. The second-order valence-corrected chi connectivity index (χ2v) is 17.9. The Balaban J connectivity index is 0.753. The molecule has 356 valence electrons. The van der Waals surface area contributed by atoms with E-state index in [0.717, 1.165) is 89.9 Å². The van der Waals surface area contributed by atoms with E-state index in [2.05, 4.69) is 66.6 Å². The van der Waals surface area contributed by atoms with Crippen molar-refractivity contribution in [2.24, 2.45) is 5.92 Å². The molecule has 0 radical (unpaired) electrons. The highest BCUT2D eigenvalue weighted by Crippen LogP contribution is 2.33. The van der Waals surface area contributed by atoms with E-state index >= 15 is 0 Å². The first-order valence-electron chi connectivity index (χ1n) is 23.9. The average Bonchev–Trinajstić information content (AvgIpc) is 3.96. The highest BCUT2D eigenvalue weighted by molar-refractivity contribution is 6.07. The summed E-state index contributed by atoms with van der Waals surface area (Å²) in [5.41, 5.74) is 6.44. The number of amides is 4. The van der Waals surface area contributed by atoms with Crippen molar-refractivity contribution in [3.8, 4) is 17.0 Å². The lowest BCUT2D eigenvalue weighted by atomic mass is 9.83. The van der Waals surface area contributed by atoms with Crippen molar-refractivity contribution in [3.63, 3.8) is 0 Å². The van der Waals surface area contributed by atoms with Crippen molar-refractivity contribution < 1.29 is 38.1 Å². The minimum absolute atomic E-state index is 0.0429. The summed E-state index contributed by atoms with van der Waals surface area (Å²) in [4.78, 5) is 68.9. The number of aromatic amines is 1. The second-order valence-electron chi connectivity index (χ2n) is 17.9. The van der Waals surface area contributed by atoms with Gasteiger partial charge >= 0.3 is 0 Å². The van der Waals surface area contributed by atoms with Gasteiger partial charge in [-0.2, -0.15) is 0 Å². The maximum absolute atomic E-state index is 14.6. The monoisotopic (exact) mass is 916 g/mol. The number of rotatable bonds is 21. The quantitative estimate of drug-likeness (QED) is 0.0610. The lowest BCUT2D eigenvalue weighted by molar-refractivity contribution is -0.143.